The van der Waals surface area contributed by atoms with Crippen LogP contribution < -0.4 is 5.32 Å². The van der Waals surface area contributed by atoms with Gasteiger partial charge in [0.1, 0.15) is 0 Å². The molecule has 7 heteroatoms. The zero-order valence-electron chi connectivity index (χ0n) is 15.2. The van der Waals surface area contributed by atoms with Gasteiger partial charge in [0.2, 0.25) is 5.91 Å². The summed E-state index contributed by atoms with van der Waals surface area (Å²) in [5.41, 5.74) is 0.584. The molecule has 7 nitrogen and oxygen atoms in total. The van der Waals surface area contributed by atoms with Crippen LogP contribution in [0, 0.1) is 0 Å². The Morgan fingerprint density at radius 2 is 2.04 bits per heavy atom. The molecule has 1 aromatic carbocycles. The molecule has 0 saturated carbocycles. The van der Waals surface area contributed by atoms with Gasteiger partial charge in [-0.2, -0.15) is 0 Å². The maximum atomic E-state index is 12.4. The predicted molar refractivity (Wildman–Crippen MR) is 95.5 cm³/mol. The lowest BCUT2D eigenvalue weighted by molar-refractivity contribution is -0.157. The van der Waals surface area contributed by atoms with E-state index in [1.165, 1.54) is 0 Å². The lowest BCUT2D eigenvalue weighted by Gasteiger charge is -2.41. The molecular formula is C19H23N3O4. The first-order valence-corrected chi connectivity index (χ1v) is 8.60. The number of carbonyl (C=O) groups excluding carboxylic acids is 2. The van der Waals surface area contributed by atoms with E-state index >= 15 is 0 Å². The molecule has 138 valence electrons. The Balaban J connectivity index is 1.57. The van der Waals surface area contributed by atoms with Gasteiger partial charge in [-0.3, -0.25) is 9.59 Å². The molecule has 1 fully saturated rings. The standard InChI is InChI=1S/C19H23N3O4/c1-13-11-22(12-19(2,3)25-13)17(23)10-20-18(24)15-9-16(26-21-15)14-7-5-4-6-8-14/h4-9,13H,10-12H2,1-3H3,(H,20,24)/t13-/m1/s1. The summed E-state index contributed by atoms with van der Waals surface area (Å²) in [5, 5.41) is 6.40. The summed E-state index contributed by atoms with van der Waals surface area (Å²) in [6.07, 6.45) is -0.0395. The summed E-state index contributed by atoms with van der Waals surface area (Å²) >= 11 is 0. The average molecular weight is 357 g/mol. The van der Waals surface area contributed by atoms with Crippen LogP contribution in [-0.2, 0) is 9.53 Å². The van der Waals surface area contributed by atoms with Gasteiger partial charge in [-0.1, -0.05) is 35.5 Å². The highest BCUT2D eigenvalue weighted by molar-refractivity contribution is 5.95. The molecule has 1 aliphatic rings. The smallest absolute Gasteiger partial charge is 0.273 e. The zero-order chi connectivity index (χ0) is 18.7. The molecule has 1 N–H and O–H groups in total. The molecule has 0 bridgehead atoms. The van der Waals surface area contributed by atoms with Crippen molar-refractivity contribution in [2.75, 3.05) is 19.6 Å². The van der Waals surface area contributed by atoms with Crippen molar-refractivity contribution in [2.24, 2.45) is 0 Å². The van der Waals surface area contributed by atoms with E-state index in [9.17, 15) is 9.59 Å². The maximum Gasteiger partial charge on any atom is 0.273 e. The van der Waals surface area contributed by atoms with Crippen LogP contribution in [0.2, 0.25) is 0 Å². The van der Waals surface area contributed by atoms with Gasteiger partial charge in [0.25, 0.3) is 5.91 Å². The second kappa shape index (κ2) is 7.29. The highest BCUT2D eigenvalue weighted by Crippen LogP contribution is 2.21. The molecule has 1 aliphatic heterocycles. The molecule has 2 heterocycles. The number of rotatable bonds is 4. The number of hydrogen-bond donors (Lipinski definition) is 1. The Morgan fingerprint density at radius 1 is 1.31 bits per heavy atom. The normalized spacial score (nSPS) is 19.2. The minimum Gasteiger partial charge on any atom is -0.369 e. The van der Waals surface area contributed by atoms with Crippen molar-refractivity contribution in [1.29, 1.82) is 0 Å². The van der Waals surface area contributed by atoms with Crippen molar-refractivity contribution < 1.29 is 18.8 Å². The van der Waals surface area contributed by atoms with E-state index in [0.717, 1.165) is 5.56 Å². The third kappa shape index (κ3) is 4.29. The van der Waals surface area contributed by atoms with Crippen LogP contribution in [0.5, 0.6) is 0 Å². The summed E-state index contributed by atoms with van der Waals surface area (Å²) in [5.74, 6) is -0.0796. The van der Waals surface area contributed by atoms with E-state index in [1.54, 1.807) is 11.0 Å². The molecule has 0 unspecified atom stereocenters. The van der Waals surface area contributed by atoms with Crippen LogP contribution in [0.15, 0.2) is 40.9 Å². The minimum atomic E-state index is -0.440. The number of aromatic nitrogens is 1. The Kier molecular flexibility index (Phi) is 5.08. The first-order chi connectivity index (χ1) is 12.3. The van der Waals surface area contributed by atoms with Crippen molar-refractivity contribution in [3.8, 4) is 11.3 Å². The Hall–Kier alpha value is -2.67. The Labute approximate surface area is 152 Å². The fourth-order valence-corrected chi connectivity index (χ4v) is 3.12. The number of ether oxygens (including phenoxy) is 1. The lowest BCUT2D eigenvalue weighted by atomic mass is 10.1. The molecule has 0 aliphatic carbocycles. The summed E-state index contributed by atoms with van der Waals surface area (Å²) in [6, 6.07) is 10.9. The Morgan fingerprint density at radius 3 is 2.73 bits per heavy atom. The van der Waals surface area contributed by atoms with Crippen LogP contribution in [0.1, 0.15) is 31.3 Å². The Bertz CT molecular complexity index is 785. The summed E-state index contributed by atoms with van der Waals surface area (Å²) in [4.78, 5) is 26.4. The van der Waals surface area contributed by atoms with Gasteiger partial charge in [-0.25, -0.2) is 0 Å². The second-order valence-electron chi connectivity index (χ2n) is 7.09. The van der Waals surface area contributed by atoms with Crippen molar-refractivity contribution in [2.45, 2.75) is 32.5 Å². The van der Waals surface area contributed by atoms with Crippen molar-refractivity contribution in [3.63, 3.8) is 0 Å². The highest BCUT2D eigenvalue weighted by atomic mass is 16.5. The SMILES string of the molecule is C[C@@H]1CN(C(=O)CNC(=O)c2cc(-c3ccccc3)on2)CC(C)(C)O1. The predicted octanol–water partition coefficient (Wildman–Crippen LogP) is 2.10. The largest absolute Gasteiger partial charge is 0.369 e. The highest BCUT2D eigenvalue weighted by Gasteiger charge is 2.33. The number of hydrogen-bond acceptors (Lipinski definition) is 5. The van der Waals surface area contributed by atoms with Crippen LogP contribution in [0.3, 0.4) is 0 Å². The minimum absolute atomic E-state index is 0.0395. The van der Waals surface area contributed by atoms with Gasteiger partial charge in [-0.05, 0) is 20.8 Å². The van der Waals surface area contributed by atoms with Crippen LogP contribution in [0.4, 0.5) is 0 Å². The van der Waals surface area contributed by atoms with Crippen LogP contribution in [0.25, 0.3) is 11.3 Å². The van der Waals surface area contributed by atoms with E-state index < -0.39 is 11.5 Å². The fraction of sp³-hybridized carbons (Fsp3) is 0.421. The zero-order valence-corrected chi connectivity index (χ0v) is 15.2. The topological polar surface area (TPSA) is 84.7 Å². The van der Waals surface area contributed by atoms with Crippen molar-refractivity contribution in [3.05, 3.63) is 42.1 Å². The third-order valence-electron chi connectivity index (χ3n) is 4.12. The van der Waals surface area contributed by atoms with E-state index in [0.29, 0.717) is 18.8 Å². The molecule has 1 aromatic heterocycles. The molecule has 0 radical (unpaired) electrons. The maximum absolute atomic E-state index is 12.4. The van der Waals surface area contributed by atoms with E-state index in [1.807, 2.05) is 51.1 Å². The van der Waals surface area contributed by atoms with E-state index in [-0.39, 0.29) is 24.2 Å². The van der Waals surface area contributed by atoms with Crippen molar-refractivity contribution in [1.82, 2.24) is 15.4 Å². The number of benzene rings is 1. The van der Waals surface area contributed by atoms with E-state index in [2.05, 4.69) is 10.5 Å². The second-order valence-corrected chi connectivity index (χ2v) is 7.09. The van der Waals surface area contributed by atoms with Crippen LogP contribution in [-0.4, -0.2) is 53.2 Å². The van der Waals surface area contributed by atoms with Gasteiger partial charge in [0.15, 0.2) is 11.5 Å². The third-order valence-corrected chi connectivity index (χ3v) is 4.12. The van der Waals surface area contributed by atoms with Crippen LogP contribution >= 0.6 is 0 Å². The van der Waals surface area contributed by atoms with Crippen molar-refractivity contribution >= 4 is 11.8 Å². The molecule has 2 amide bonds. The average Bonchev–Trinajstić information content (AvgIpc) is 3.08. The van der Waals surface area contributed by atoms with Gasteiger partial charge in [0.05, 0.1) is 18.2 Å². The summed E-state index contributed by atoms with van der Waals surface area (Å²) in [7, 11) is 0. The number of nitrogens with zero attached hydrogens (tertiary/aromatic N) is 2. The molecule has 1 saturated heterocycles. The van der Waals surface area contributed by atoms with Gasteiger partial charge >= 0.3 is 0 Å². The molecular weight excluding hydrogens is 334 g/mol. The monoisotopic (exact) mass is 357 g/mol. The molecule has 3 rings (SSSR count). The summed E-state index contributed by atoms with van der Waals surface area (Å²) in [6.45, 7) is 6.74. The number of morpholine rings is 1. The molecule has 0 spiro atoms. The molecule has 1 atom stereocenters. The first-order valence-electron chi connectivity index (χ1n) is 8.60. The quantitative estimate of drug-likeness (QED) is 0.906. The molecule has 26 heavy (non-hydrogen) atoms. The number of amides is 2. The van der Waals surface area contributed by atoms with Gasteiger partial charge in [0, 0.05) is 24.7 Å². The van der Waals surface area contributed by atoms with E-state index in [4.69, 9.17) is 9.26 Å². The van der Waals surface area contributed by atoms with Gasteiger partial charge in [-0.15, -0.1) is 0 Å². The lowest BCUT2D eigenvalue weighted by Crippen LogP contribution is -2.55. The number of carbonyl (C=O) groups is 2. The first kappa shape index (κ1) is 18.1. The number of nitrogens with one attached hydrogen (secondary N) is 1. The summed E-state index contributed by atoms with van der Waals surface area (Å²) < 4.78 is 11.0. The van der Waals surface area contributed by atoms with Gasteiger partial charge < -0.3 is 19.5 Å². The fourth-order valence-electron chi connectivity index (χ4n) is 3.12. The molecule has 2 aromatic rings.